The van der Waals surface area contributed by atoms with E-state index in [1.54, 1.807) is 37.4 Å². The Hall–Kier alpha value is -3.62. The minimum absolute atomic E-state index is 0.0923. The van der Waals surface area contributed by atoms with Crippen molar-refractivity contribution in [3.05, 3.63) is 59.7 Å². The number of benzene rings is 1. The molecular formula is C23H24FN7O2S. The summed E-state index contributed by atoms with van der Waals surface area (Å²) in [5, 5.41) is 13.0. The van der Waals surface area contributed by atoms with Crippen LogP contribution in [0.4, 0.5) is 15.9 Å². The molecule has 0 saturated carbocycles. The van der Waals surface area contributed by atoms with Crippen molar-refractivity contribution in [1.82, 2.24) is 14.3 Å². The molecule has 1 aromatic carbocycles. The van der Waals surface area contributed by atoms with Gasteiger partial charge in [0, 0.05) is 42.6 Å². The summed E-state index contributed by atoms with van der Waals surface area (Å²) in [6, 6.07) is 9.89. The summed E-state index contributed by atoms with van der Waals surface area (Å²) in [7, 11) is -2.37. The second kappa shape index (κ2) is 8.00. The molecule has 2 aromatic heterocycles. The lowest BCUT2D eigenvalue weighted by atomic mass is 9.91. The van der Waals surface area contributed by atoms with Crippen LogP contribution in [0.1, 0.15) is 31.9 Å². The number of nitriles is 1. The van der Waals surface area contributed by atoms with Crippen molar-refractivity contribution in [3.63, 3.8) is 0 Å². The maximum Gasteiger partial charge on any atom is 0.226 e. The van der Waals surface area contributed by atoms with Crippen molar-refractivity contribution in [2.45, 2.75) is 31.1 Å². The minimum atomic E-state index is -3.81. The Balaban J connectivity index is 1.79. The van der Waals surface area contributed by atoms with Crippen molar-refractivity contribution in [3.8, 4) is 6.07 Å². The predicted molar refractivity (Wildman–Crippen MR) is 129 cm³/mol. The number of sulfonamides is 1. The number of likely N-dealkylation sites (N-methyl/N-ethyl adjacent to an activating group) is 1. The van der Waals surface area contributed by atoms with Gasteiger partial charge in [0.15, 0.2) is 5.82 Å². The SMILES string of the molecule is CN1C[C@@](C)(c2cc(Nc3nccc4cc(C#N)cnc34)ccc2F)N=C(N)C(C)(C)S1(=O)=O. The van der Waals surface area contributed by atoms with E-state index in [-0.39, 0.29) is 17.9 Å². The van der Waals surface area contributed by atoms with E-state index < -0.39 is 26.1 Å². The second-order valence-corrected chi connectivity index (χ2v) is 11.5. The average Bonchev–Trinajstić information content (AvgIpc) is 2.83. The lowest BCUT2D eigenvalue weighted by Gasteiger charge is -2.29. The van der Waals surface area contributed by atoms with E-state index in [9.17, 15) is 8.42 Å². The summed E-state index contributed by atoms with van der Waals surface area (Å²) in [4.78, 5) is 13.2. The van der Waals surface area contributed by atoms with Crippen LogP contribution in [-0.2, 0) is 15.6 Å². The van der Waals surface area contributed by atoms with Crippen LogP contribution in [-0.4, -0.2) is 46.9 Å². The number of nitrogens with two attached hydrogens (primary N) is 1. The summed E-state index contributed by atoms with van der Waals surface area (Å²) in [6.07, 6.45) is 3.03. The van der Waals surface area contributed by atoms with Gasteiger partial charge in [0.05, 0.1) is 5.56 Å². The Kier molecular flexibility index (Phi) is 5.54. The third-order valence-corrected chi connectivity index (χ3v) is 8.56. The molecule has 34 heavy (non-hydrogen) atoms. The number of pyridine rings is 2. The van der Waals surface area contributed by atoms with E-state index in [2.05, 4.69) is 26.3 Å². The Morgan fingerprint density at radius 3 is 2.65 bits per heavy atom. The molecule has 0 radical (unpaired) electrons. The first kappa shape index (κ1) is 23.5. The number of hydrogen-bond donors (Lipinski definition) is 2. The van der Waals surface area contributed by atoms with Crippen molar-refractivity contribution >= 4 is 38.3 Å². The smallest absolute Gasteiger partial charge is 0.226 e. The summed E-state index contributed by atoms with van der Waals surface area (Å²) in [6.45, 7) is 4.52. The first-order valence-corrected chi connectivity index (χ1v) is 11.9. The largest absolute Gasteiger partial charge is 0.386 e. The van der Waals surface area contributed by atoms with Gasteiger partial charge in [-0.3, -0.25) is 9.98 Å². The molecule has 176 valence electrons. The molecule has 1 aliphatic heterocycles. The Morgan fingerprint density at radius 1 is 1.21 bits per heavy atom. The van der Waals surface area contributed by atoms with Gasteiger partial charge in [-0.1, -0.05) is 0 Å². The van der Waals surface area contributed by atoms with Gasteiger partial charge >= 0.3 is 0 Å². The molecule has 0 spiro atoms. The molecule has 0 bridgehead atoms. The van der Waals surface area contributed by atoms with Crippen LogP contribution in [0, 0.1) is 17.1 Å². The van der Waals surface area contributed by atoms with Crippen molar-refractivity contribution < 1.29 is 12.8 Å². The molecule has 0 unspecified atom stereocenters. The number of fused-ring (bicyclic) bond motifs is 1. The van der Waals surface area contributed by atoms with Crippen molar-refractivity contribution in [1.29, 1.82) is 5.26 Å². The highest BCUT2D eigenvalue weighted by molar-refractivity contribution is 7.91. The van der Waals surface area contributed by atoms with Gasteiger partial charge in [-0.25, -0.2) is 22.1 Å². The van der Waals surface area contributed by atoms with Gasteiger partial charge in [-0.05, 0) is 51.1 Å². The molecule has 11 heteroatoms. The Morgan fingerprint density at radius 2 is 1.94 bits per heavy atom. The first-order valence-electron chi connectivity index (χ1n) is 10.4. The third-order valence-electron chi connectivity index (χ3n) is 6.11. The van der Waals surface area contributed by atoms with Gasteiger partial charge in [-0.2, -0.15) is 5.26 Å². The highest BCUT2D eigenvalue weighted by atomic mass is 32.2. The monoisotopic (exact) mass is 481 g/mol. The van der Waals surface area contributed by atoms with Crippen molar-refractivity contribution in [2.24, 2.45) is 10.7 Å². The fraction of sp³-hybridized carbons (Fsp3) is 0.304. The molecule has 0 fully saturated rings. The van der Waals surface area contributed by atoms with Gasteiger partial charge in [-0.15, -0.1) is 0 Å². The first-order chi connectivity index (χ1) is 15.9. The van der Waals surface area contributed by atoms with Gasteiger partial charge in [0.2, 0.25) is 10.0 Å². The molecular weight excluding hydrogens is 457 g/mol. The van der Waals surface area contributed by atoms with E-state index in [0.717, 1.165) is 5.39 Å². The zero-order valence-corrected chi connectivity index (χ0v) is 20.0. The highest BCUT2D eigenvalue weighted by Crippen LogP contribution is 2.37. The molecule has 3 N–H and O–H groups in total. The maximum atomic E-state index is 15.1. The maximum absolute atomic E-state index is 15.1. The van der Waals surface area contributed by atoms with Gasteiger partial charge in [0.1, 0.15) is 33.5 Å². The molecule has 1 atom stereocenters. The highest BCUT2D eigenvalue weighted by Gasteiger charge is 2.48. The summed E-state index contributed by atoms with van der Waals surface area (Å²) >= 11 is 0. The number of anilines is 2. The lowest BCUT2D eigenvalue weighted by molar-refractivity contribution is 0.355. The second-order valence-electron chi connectivity index (χ2n) is 8.93. The van der Waals surface area contributed by atoms with Crippen LogP contribution in [0.2, 0.25) is 0 Å². The number of rotatable bonds is 3. The molecule has 0 saturated heterocycles. The van der Waals surface area contributed by atoms with E-state index in [1.165, 1.54) is 37.5 Å². The molecule has 1 aliphatic rings. The summed E-state index contributed by atoms with van der Waals surface area (Å²) < 4.78 is 40.8. The van der Waals surface area contributed by atoms with Gasteiger partial charge in [0.25, 0.3) is 0 Å². The van der Waals surface area contributed by atoms with Crippen LogP contribution < -0.4 is 11.1 Å². The number of halogens is 1. The van der Waals surface area contributed by atoms with E-state index in [0.29, 0.717) is 22.6 Å². The average molecular weight is 482 g/mol. The fourth-order valence-electron chi connectivity index (χ4n) is 3.99. The molecule has 4 rings (SSSR count). The number of nitrogens with one attached hydrogen (secondary N) is 1. The zero-order chi connectivity index (χ0) is 24.9. The third kappa shape index (κ3) is 3.74. The van der Waals surface area contributed by atoms with Crippen LogP contribution in [0.3, 0.4) is 0 Å². The van der Waals surface area contributed by atoms with Crippen LogP contribution in [0.15, 0.2) is 47.7 Å². The molecule has 0 aliphatic carbocycles. The van der Waals surface area contributed by atoms with E-state index in [4.69, 9.17) is 11.0 Å². The number of aromatic nitrogens is 2. The predicted octanol–water partition coefficient (Wildman–Crippen LogP) is 3.01. The summed E-state index contributed by atoms with van der Waals surface area (Å²) in [5.74, 6) is -0.211. The fourth-order valence-corrected chi connectivity index (χ4v) is 5.50. The van der Waals surface area contributed by atoms with Crippen LogP contribution >= 0.6 is 0 Å². The quantitative estimate of drug-likeness (QED) is 0.586. The minimum Gasteiger partial charge on any atom is -0.386 e. The lowest BCUT2D eigenvalue weighted by Crippen LogP contribution is -2.50. The zero-order valence-electron chi connectivity index (χ0n) is 19.2. The standard InChI is InChI=1S/C23H24FN7O2S/c1-22(2)21(26)30-23(3,13-31(4)34(22,32)33)17-10-16(5-6-18(17)24)29-20-19-15(7-8-27-20)9-14(11-25)12-28-19/h5-10,12H,13H2,1-4H3,(H2,26,30)(H,27,29)/t23-/m0/s1. The molecule has 3 aromatic rings. The number of amidine groups is 1. The number of hydrogen-bond acceptors (Lipinski definition) is 8. The summed E-state index contributed by atoms with van der Waals surface area (Å²) in [5.41, 5.74) is 6.51. The topological polar surface area (TPSA) is 137 Å². The van der Waals surface area contributed by atoms with E-state index >= 15 is 4.39 Å². The van der Waals surface area contributed by atoms with Gasteiger partial charge < -0.3 is 11.1 Å². The Bertz CT molecular complexity index is 1480. The Labute approximate surface area is 197 Å². The number of nitrogens with zero attached hydrogens (tertiary/aromatic N) is 5. The normalized spacial score (nSPS) is 21.9. The molecule has 0 amide bonds. The number of aliphatic imine (C=N–C) groups is 1. The van der Waals surface area contributed by atoms with Crippen LogP contribution in [0.25, 0.3) is 10.9 Å². The molecule has 9 nitrogen and oxygen atoms in total. The van der Waals surface area contributed by atoms with Crippen molar-refractivity contribution in [2.75, 3.05) is 18.9 Å². The van der Waals surface area contributed by atoms with E-state index in [1.807, 2.05) is 0 Å². The molecule has 3 heterocycles. The van der Waals surface area contributed by atoms with Crippen LogP contribution in [0.5, 0.6) is 0 Å².